The summed E-state index contributed by atoms with van der Waals surface area (Å²) in [5.41, 5.74) is 0. The van der Waals surface area contributed by atoms with Crippen LogP contribution in [0.2, 0.25) is 0 Å². The summed E-state index contributed by atoms with van der Waals surface area (Å²) in [6.45, 7) is 3.26. The van der Waals surface area contributed by atoms with Crippen molar-refractivity contribution in [1.82, 2.24) is 0 Å². The fourth-order valence-electron chi connectivity index (χ4n) is 1.59. The molecule has 0 bridgehead atoms. The van der Waals surface area contributed by atoms with Crippen LogP contribution in [0.15, 0.2) is 30.3 Å². The third-order valence-corrected chi connectivity index (χ3v) is 5.14. The third-order valence-electron chi connectivity index (χ3n) is 2.59. The van der Waals surface area contributed by atoms with E-state index in [0.717, 1.165) is 12.3 Å². The second-order valence-electron chi connectivity index (χ2n) is 4.23. The summed E-state index contributed by atoms with van der Waals surface area (Å²) in [5.74, 6) is 0.465. The Morgan fingerprint density at radius 1 is 0.941 bits per heavy atom. The number of carbonyl (C=O) groups is 2. The van der Waals surface area contributed by atoms with Gasteiger partial charge in [0.05, 0.1) is 0 Å². The van der Waals surface area contributed by atoms with E-state index in [4.69, 9.17) is 0 Å². The van der Waals surface area contributed by atoms with E-state index in [1.165, 1.54) is 5.30 Å². The lowest BCUT2D eigenvalue weighted by atomic mass is 10.3. The van der Waals surface area contributed by atoms with E-state index in [9.17, 15) is 9.59 Å². The van der Waals surface area contributed by atoms with Gasteiger partial charge in [-0.2, -0.15) is 0 Å². The van der Waals surface area contributed by atoms with Crippen LogP contribution in [-0.2, 0) is 9.59 Å². The van der Waals surface area contributed by atoms with E-state index in [2.05, 4.69) is 12.1 Å². The minimum absolute atomic E-state index is 0.233. The van der Waals surface area contributed by atoms with Crippen molar-refractivity contribution in [2.45, 2.75) is 26.7 Å². The Kier molecular flexibility index (Phi) is 6.07. The number of rotatable bonds is 7. The minimum atomic E-state index is -0.362. The first-order chi connectivity index (χ1) is 8.09. The van der Waals surface area contributed by atoms with Crippen molar-refractivity contribution < 1.29 is 9.59 Å². The molecule has 3 heteroatoms. The van der Waals surface area contributed by atoms with Crippen molar-refractivity contribution in [2.75, 3.05) is 12.3 Å². The van der Waals surface area contributed by atoms with Gasteiger partial charge in [-0.1, -0.05) is 38.3 Å². The van der Waals surface area contributed by atoms with Crippen LogP contribution in [0.25, 0.3) is 0 Å². The number of Topliss-reactive ketones (excluding diaryl/α,β-unsaturated/α-hetero) is 2. The highest BCUT2D eigenvalue weighted by Gasteiger charge is 2.12. The molecule has 0 saturated heterocycles. The average Bonchev–Trinajstić information content (AvgIpc) is 2.29. The maximum absolute atomic E-state index is 11.1. The maximum Gasteiger partial charge on any atom is 0.130 e. The van der Waals surface area contributed by atoms with E-state index in [1.807, 2.05) is 18.2 Å². The second-order valence-corrected chi connectivity index (χ2v) is 6.72. The minimum Gasteiger partial charge on any atom is -0.300 e. The van der Waals surface area contributed by atoms with E-state index in [0.29, 0.717) is 12.8 Å². The SMILES string of the molecule is CC(=O)CCP(CCC(C)=O)c1ccccc1. The van der Waals surface area contributed by atoms with E-state index >= 15 is 0 Å². The fourth-order valence-corrected chi connectivity index (χ4v) is 4.10. The molecule has 0 spiro atoms. The van der Waals surface area contributed by atoms with Crippen LogP contribution in [-0.4, -0.2) is 23.9 Å². The second kappa shape index (κ2) is 7.34. The summed E-state index contributed by atoms with van der Waals surface area (Å²) in [6.07, 6.45) is 3.06. The lowest BCUT2D eigenvalue weighted by Gasteiger charge is -2.16. The normalized spacial score (nSPS) is 10.5. The first-order valence-corrected chi connectivity index (χ1v) is 7.59. The lowest BCUT2D eigenvalue weighted by molar-refractivity contribution is -0.117. The Labute approximate surface area is 104 Å². The van der Waals surface area contributed by atoms with Crippen LogP contribution in [0.5, 0.6) is 0 Å². The third kappa shape index (κ3) is 5.74. The van der Waals surface area contributed by atoms with Gasteiger partial charge in [0, 0.05) is 12.8 Å². The molecular formula is C14H19O2P. The highest BCUT2D eigenvalue weighted by atomic mass is 31.1. The zero-order chi connectivity index (χ0) is 12.7. The fraction of sp³-hybridized carbons (Fsp3) is 0.429. The molecule has 2 nitrogen and oxygen atoms in total. The van der Waals surface area contributed by atoms with Crippen LogP contribution in [0.3, 0.4) is 0 Å². The molecule has 0 amide bonds. The molecule has 0 aliphatic carbocycles. The van der Waals surface area contributed by atoms with Crippen molar-refractivity contribution in [3.63, 3.8) is 0 Å². The molecule has 0 saturated carbocycles. The standard InChI is InChI=1S/C14H19O2P/c1-12(15)8-10-17(11-9-13(2)16)14-6-4-3-5-7-14/h3-7H,8-11H2,1-2H3. The van der Waals surface area contributed by atoms with Gasteiger partial charge in [0.2, 0.25) is 0 Å². The molecule has 1 aromatic rings. The number of hydrogen-bond acceptors (Lipinski definition) is 2. The number of carbonyl (C=O) groups excluding carboxylic acids is 2. The summed E-state index contributed by atoms with van der Waals surface area (Å²) in [6, 6.07) is 10.2. The Bertz CT molecular complexity index is 355. The monoisotopic (exact) mass is 250 g/mol. The molecule has 0 heterocycles. The average molecular weight is 250 g/mol. The summed E-state index contributed by atoms with van der Waals surface area (Å²) in [4.78, 5) is 22.1. The number of ketones is 2. The smallest absolute Gasteiger partial charge is 0.130 e. The van der Waals surface area contributed by atoms with Gasteiger partial charge in [-0.15, -0.1) is 0 Å². The van der Waals surface area contributed by atoms with Gasteiger partial charge < -0.3 is 9.59 Å². The molecule has 0 aromatic heterocycles. The van der Waals surface area contributed by atoms with Gasteiger partial charge in [-0.3, -0.25) is 0 Å². The number of hydrogen-bond donors (Lipinski definition) is 0. The van der Waals surface area contributed by atoms with Gasteiger partial charge in [-0.25, -0.2) is 0 Å². The molecule has 0 fully saturated rings. The van der Waals surface area contributed by atoms with Crippen molar-refractivity contribution in [2.24, 2.45) is 0 Å². The van der Waals surface area contributed by atoms with Crippen molar-refractivity contribution in [3.05, 3.63) is 30.3 Å². The molecular weight excluding hydrogens is 231 g/mol. The van der Waals surface area contributed by atoms with Crippen LogP contribution >= 0.6 is 7.92 Å². The molecule has 1 aromatic carbocycles. The molecule has 0 aliphatic heterocycles. The Hall–Kier alpha value is -1.01. The summed E-state index contributed by atoms with van der Waals surface area (Å²) in [5, 5.41) is 1.30. The summed E-state index contributed by atoms with van der Waals surface area (Å²) < 4.78 is 0. The van der Waals surface area contributed by atoms with Crippen molar-refractivity contribution in [3.8, 4) is 0 Å². The van der Waals surface area contributed by atoms with Gasteiger partial charge in [0.25, 0.3) is 0 Å². The van der Waals surface area contributed by atoms with Gasteiger partial charge in [-0.05, 0) is 31.5 Å². The Balaban J connectivity index is 2.64. The van der Waals surface area contributed by atoms with Gasteiger partial charge >= 0.3 is 0 Å². The van der Waals surface area contributed by atoms with E-state index in [-0.39, 0.29) is 19.5 Å². The quantitative estimate of drug-likeness (QED) is 0.697. The number of benzene rings is 1. The molecule has 0 atom stereocenters. The molecule has 0 aliphatic rings. The Morgan fingerprint density at radius 3 is 1.82 bits per heavy atom. The zero-order valence-electron chi connectivity index (χ0n) is 10.5. The van der Waals surface area contributed by atoms with Gasteiger partial charge in [0.15, 0.2) is 0 Å². The Morgan fingerprint density at radius 2 is 1.41 bits per heavy atom. The first-order valence-electron chi connectivity index (χ1n) is 5.88. The van der Waals surface area contributed by atoms with Crippen LogP contribution in [0.1, 0.15) is 26.7 Å². The zero-order valence-corrected chi connectivity index (χ0v) is 11.4. The molecule has 0 unspecified atom stereocenters. The molecule has 17 heavy (non-hydrogen) atoms. The van der Waals surface area contributed by atoms with Crippen LogP contribution in [0, 0.1) is 0 Å². The van der Waals surface area contributed by atoms with Crippen molar-refractivity contribution >= 4 is 24.8 Å². The topological polar surface area (TPSA) is 34.1 Å². The molecule has 0 N–H and O–H groups in total. The van der Waals surface area contributed by atoms with Crippen molar-refractivity contribution in [1.29, 1.82) is 0 Å². The first kappa shape index (κ1) is 14.1. The lowest BCUT2D eigenvalue weighted by Crippen LogP contribution is -2.09. The van der Waals surface area contributed by atoms with E-state index < -0.39 is 0 Å². The predicted octanol–water partition coefficient (Wildman–Crippen LogP) is 2.75. The highest BCUT2D eigenvalue weighted by Crippen LogP contribution is 2.35. The summed E-state index contributed by atoms with van der Waals surface area (Å²) >= 11 is 0. The van der Waals surface area contributed by atoms with E-state index in [1.54, 1.807) is 13.8 Å². The molecule has 1 rings (SSSR count). The predicted molar refractivity (Wildman–Crippen MR) is 73.3 cm³/mol. The van der Waals surface area contributed by atoms with Gasteiger partial charge in [0.1, 0.15) is 11.6 Å². The summed E-state index contributed by atoms with van der Waals surface area (Å²) in [7, 11) is -0.362. The van der Waals surface area contributed by atoms with Crippen LogP contribution in [0.4, 0.5) is 0 Å². The maximum atomic E-state index is 11.1. The highest BCUT2D eigenvalue weighted by molar-refractivity contribution is 7.65. The molecule has 92 valence electrons. The largest absolute Gasteiger partial charge is 0.300 e. The molecule has 0 radical (unpaired) electrons. The van der Waals surface area contributed by atoms with Crippen LogP contribution < -0.4 is 5.30 Å².